The molecule has 1 N–H and O–H groups in total. The van der Waals surface area contributed by atoms with E-state index in [1.54, 1.807) is 24.7 Å². The number of imidazole rings is 1. The van der Waals surface area contributed by atoms with Crippen molar-refractivity contribution in [2.24, 2.45) is 0 Å². The van der Waals surface area contributed by atoms with Crippen molar-refractivity contribution in [3.63, 3.8) is 0 Å². The number of carbonyl (C=O) groups is 1. The fourth-order valence-electron chi connectivity index (χ4n) is 2.73. The standard InChI is InChI=1S/C20H15FN4O/c21-16-6-2-1-5-15(16)20(26)23-12-14-9-10-19(22-11-14)25-13-24-17-7-3-4-8-18(17)25/h1-11,13H,12H2,(H,23,26). The lowest BCUT2D eigenvalue weighted by atomic mass is 10.2. The van der Waals surface area contributed by atoms with E-state index >= 15 is 0 Å². The highest BCUT2D eigenvalue weighted by Crippen LogP contribution is 2.16. The van der Waals surface area contributed by atoms with Gasteiger partial charge >= 0.3 is 0 Å². The lowest BCUT2D eigenvalue weighted by Crippen LogP contribution is -2.23. The van der Waals surface area contributed by atoms with Gasteiger partial charge in [0.05, 0.1) is 16.6 Å². The number of hydrogen-bond acceptors (Lipinski definition) is 3. The number of nitrogens with zero attached hydrogens (tertiary/aromatic N) is 3. The van der Waals surface area contributed by atoms with E-state index in [1.165, 1.54) is 12.1 Å². The Morgan fingerprint density at radius 1 is 1.00 bits per heavy atom. The van der Waals surface area contributed by atoms with Gasteiger partial charge in [0.1, 0.15) is 18.0 Å². The van der Waals surface area contributed by atoms with Crippen molar-refractivity contribution in [3.05, 3.63) is 90.1 Å². The summed E-state index contributed by atoms with van der Waals surface area (Å²) in [6.07, 6.45) is 3.42. The lowest BCUT2D eigenvalue weighted by molar-refractivity contribution is 0.0947. The third-order valence-electron chi connectivity index (χ3n) is 4.08. The smallest absolute Gasteiger partial charge is 0.254 e. The predicted octanol–water partition coefficient (Wildman–Crippen LogP) is 3.49. The molecule has 2 heterocycles. The zero-order valence-electron chi connectivity index (χ0n) is 13.8. The molecule has 2 aromatic heterocycles. The molecule has 128 valence electrons. The summed E-state index contributed by atoms with van der Waals surface area (Å²) in [5, 5.41) is 2.70. The van der Waals surface area contributed by atoms with Gasteiger partial charge in [-0.3, -0.25) is 9.36 Å². The van der Waals surface area contributed by atoms with E-state index in [-0.39, 0.29) is 12.1 Å². The van der Waals surface area contributed by atoms with Crippen LogP contribution in [0.5, 0.6) is 0 Å². The Labute approximate surface area is 149 Å². The molecule has 0 aliphatic rings. The Bertz CT molecular complexity index is 1070. The number of aromatic nitrogens is 3. The van der Waals surface area contributed by atoms with Crippen LogP contribution in [-0.2, 0) is 6.54 Å². The first-order valence-corrected chi connectivity index (χ1v) is 8.12. The maximum Gasteiger partial charge on any atom is 0.254 e. The van der Waals surface area contributed by atoms with Crippen molar-refractivity contribution in [1.29, 1.82) is 0 Å². The molecule has 4 aromatic rings. The van der Waals surface area contributed by atoms with Crippen LogP contribution in [0.2, 0.25) is 0 Å². The van der Waals surface area contributed by atoms with E-state index in [4.69, 9.17) is 0 Å². The van der Waals surface area contributed by atoms with E-state index in [0.717, 1.165) is 22.4 Å². The number of halogens is 1. The molecule has 26 heavy (non-hydrogen) atoms. The summed E-state index contributed by atoms with van der Waals surface area (Å²) in [6, 6.07) is 17.4. The molecule has 0 aliphatic carbocycles. The van der Waals surface area contributed by atoms with Crippen molar-refractivity contribution in [1.82, 2.24) is 19.9 Å². The highest BCUT2D eigenvalue weighted by molar-refractivity contribution is 5.94. The first-order valence-electron chi connectivity index (χ1n) is 8.12. The topological polar surface area (TPSA) is 59.8 Å². The third kappa shape index (κ3) is 3.04. The van der Waals surface area contributed by atoms with Gasteiger partial charge in [0.2, 0.25) is 0 Å². The van der Waals surface area contributed by atoms with Crippen molar-refractivity contribution < 1.29 is 9.18 Å². The molecule has 0 spiro atoms. The van der Waals surface area contributed by atoms with Crippen LogP contribution in [0.1, 0.15) is 15.9 Å². The largest absolute Gasteiger partial charge is 0.348 e. The summed E-state index contributed by atoms with van der Waals surface area (Å²) < 4.78 is 15.5. The molecular weight excluding hydrogens is 331 g/mol. The number of pyridine rings is 1. The van der Waals surface area contributed by atoms with Gasteiger partial charge in [-0.15, -0.1) is 0 Å². The predicted molar refractivity (Wildman–Crippen MR) is 96.4 cm³/mol. The Kier molecular flexibility index (Phi) is 4.15. The molecule has 0 fully saturated rings. The number of nitrogens with one attached hydrogen (secondary N) is 1. The van der Waals surface area contributed by atoms with E-state index < -0.39 is 11.7 Å². The quantitative estimate of drug-likeness (QED) is 0.615. The number of benzene rings is 2. The highest BCUT2D eigenvalue weighted by Gasteiger charge is 2.10. The average molecular weight is 346 g/mol. The summed E-state index contributed by atoms with van der Waals surface area (Å²) >= 11 is 0. The highest BCUT2D eigenvalue weighted by atomic mass is 19.1. The van der Waals surface area contributed by atoms with Crippen molar-refractivity contribution in [3.8, 4) is 5.82 Å². The molecule has 6 heteroatoms. The zero-order chi connectivity index (χ0) is 17.9. The Balaban J connectivity index is 1.48. The van der Waals surface area contributed by atoms with Crippen LogP contribution in [0.4, 0.5) is 4.39 Å². The van der Waals surface area contributed by atoms with E-state index in [1.807, 2.05) is 41.0 Å². The monoisotopic (exact) mass is 346 g/mol. The fourth-order valence-corrected chi connectivity index (χ4v) is 2.73. The van der Waals surface area contributed by atoms with Gasteiger partial charge < -0.3 is 5.32 Å². The van der Waals surface area contributed by atoms with E-state index in [0.29, 0.717) is 0 Å². The van der Waals surface area contributed by atoms with Gasteiger partial charge in [-0.25, -0.2) is 14.4 Å². The Morgan fingerprint density at radius 2 is 1.81 bits per heavy atom. The number of carbonyl (C=O) groups excluding carboxylic acids is 1. The molecule has 0 saturated carbocycles. The Morgan fingerprint density at radius 3 is 2.62 bits per heavy atom. The molecule has 0 radical (unpaired) electrons. The third-order valence-corrected chi connectivity index (χ3v) is 4.08. The van der Waals surface area contributed by atoms with Crippen molar-refractivity contribution in [2.75, 3.05) is 0 Å². The molecule has 2 aromatic carbocycles. The first kappa shape index (κ1) is 16.0. The van der Waals surface area contributed by atoms with Crippen LogP contribution in [0.3, 0.4) is 0 Å². The summed E-state index contributed by atoms with van der Waals surface area (Å²) in [5.41, 5.74) is 2.72. The molecule has 0 atom stereocenters. The summed E-state index contributed by atoms with van der Waals surface area (Å²) in [6.45, 7) is 0.269. The second-order valence-electron chi connectivity index (χ2n) is 5.79. The molecule has 0 saturated heterocycles. The number of amides is 1. The van der Waals surface area contributed by atoms with E-state index in [2.05, 4.69) is 15.3 Å². The average Bonchev–Trinajstić information content (AvgIpc) is 3.11. The van der Waals surface area contributed by atoms with Gasteiger partial charge in [0.25, 0.3) is 5.91 Å². The van der Waals surface area contributed by atoms with E-state index in [9.17, 15) is 9.18 Å². The van der Waals surface area contributed by atoms with Gasteiger partial charge in [-0.05, 0) is 35.9 Å². The molecule has 0 bridgehead atoms. The van der Waals surface area contributed by atoms with Crippen molar-refractivity contribution in [2.45, 2.75) is 6.54 Å². The van der Waals surface area contributed by atoms with Crippen LogP contribution in [0.15, 0.2) is 73.2 Å². The first-order chi connectivity index (χ1) is 12.7. The summed E-state index contributed by atoms with van der Waals surface area (Å²) in [5.74, 6) is -0.249. The maximum absolute atomic E-state index is 13.6. The fraction of sp³-hybridized carbons (Fsp3) is 0.0500. The minimum Gasteiger partial charge on any atom is -0.348 e. The summed E-state index contributed by atoms with van der Waals surface area (Å²) in [4.78, 5) is 20.8. The van der Waals surface area contributed by atoms with Crippen LogP contribution >= 0.6 is 0 Å². The van der Waals surface area contributed by atoms with Crippen LogP contribution in [0, 0.1) is 5.82 Å². The van der Waals surface area contributed by atoms with Crippen LogP contribution in [-0.4, -0.2) is 20.4 Å². The Hall–Kier alpha value is -3.54. The molecular formula is C20H15FN4O. The van der Waals surface area contributed by atoms with Gasteiger partial charge in [0, 0.05) is 12.7 Å². The zero-order valence-corrected chi connectivity index (χ0v) is 13.8. The van der Waals surface area contributed by atoms with Gasteiger partial charge in [0.15, 0.2) is 0 Å². The van der Waals surface area contributed by atoms with Gasteiger partial charge in [-0.2, -0.15) is 0 Å². The van der Waals surface area contributed by atoms with Crippen molar-refractivity contribution >= 4 is 16.9 Å². The number of rotatable bonds is 4. The molecule has 0 aliphatic heterocycles. The minimum absolute atomic E-state index is 0.0296. The second-order valence-corrected chi connectivity index (χ2v) is 5.79. The minimum atomic E-state index is -0.537. The maximum atomic E-state index is 13.6. The molecule has 1 amide bonds. The van der Waals surface area contributed by atoms with Crippen LogP contribution < -0.4 is 5.32 Å². The summed E-state index contributed by atoms with van der Waals surface area (Å²) in [7, 11) is 0. The second kappa shape index (κ2) is 6.76. The molecule has 5 nitrogen and oxygen atoms in total. The SMILES string of the molecule is O=C(NCc1ccc(-n2cnc3ccccc32)nc1)c1ccccc1F. The lowest BCUT2D eigenvalue weighted by Gasteiger charge is -2.07. The normalized spacial score (nSPS) is 10.8. The van der Waals surface area contributed by atoms with Crippen LogP contribution in [0.25, 0.3) is 16.9 Å². The number of fused-ring (bicyclic) bond motifs is 1. The molecule has 4 rings (SSSR count). The number of para-hydroxylation sites is 2. The number of hydrogen-bond donors (Lipinski definition) is 1. The molecule has 0 unspecified atom stereocenters. The van der Waals surface area contributed by atoms with Gasteiger partial charge in [-0.1, -0.05) is 30.3 Å².